The fourth-order valence-corrected chi connectivity index (χ4v) is 0.597. The second-order valence-electron chi connectivity index (χ2n) is 2.62. The molecule has 5 nitrogen and oxygen atoms in total. The summed E-state index contributed by atoms with van der Waals surface area (Å²) in [6.45, 7) is 3.70. The van der Waals surface area contributed by atoms with E-state index >= 15 is 0 Å². The third-order valence-corrected chi connectivity index (χ3v) is 1.22. The van der Waals surface area contributed by atoms with Gasteiger partial charge in [0.05, 0.1) is 12.3 Å². The molecule has 0 aromatic heterocycles. The molecule has 0 aromatic rings. The molecule has 0 unspecified atom stereocenters. The molecule has 88 valence electrons. The molecule has 0 saturated carbocycles. The van der Waals surface area contributed by atoms with Crippen molar-refractivity contribution in [1.29, 1.82) is 0 Å². The molecule has 0 atom stereocenters. The molecular weight excluding hydrogens is 215 g/mol. The number of aliphatic hydroxyl groups excluding tert-OH is 1. The van der Waals surface area contributed by atoms with Crippen LogP contribution in [0.4, 0.5) is 13.2 Å². The number of carbonyl (C=O) groups excluding carboxylic acids is 1. The van der Waals surface area contributed by atoms with E-state index in [1.807, 2.05) is 0 Å². The van der Waals surface area contributed by atoms with Crippen LogP contribution in [-0.4, -0.2) is 36.8 Å². The van der Waals surface area contributed by atoms with Crippen LogP contribution in [0.25, 0.3) is 0 Å². The molecule has 1 amide bonds. The molecule has 0 bridgehead atoms. The summed E-state index contributed by atoms with van der Waals surface area (Å²) in [5.74, 6) is -2.12. The Morgan fingerprint density at radius 2 is 1.93 bits per heavy atom. The largest absolute Gasteiger partial charge is 0.512 e. The third-order valence-electron chi connectivity index (χ3n) is 1.22. The summed E-state index contributed by atoms with van der Waals surface area (Å²) in [6.07, 6.45) is -4.89. The minimum atomic E-state index is -4.89. The fourth-order valence-electron chi connectivity index (χ4n) is 0.597. The number of hydrazine groups is 1. The number of alkyl halides is 3. The van der Waals surface area contributed by atoms with Crippen molar-refractivity contribution in [2.24, 2.45) is 0 Å². The molecule has 4 N–H and O–H groups in total. The topological polar surface area (TPSA) is 73.4 Å². The van der Waals surface area contributed by atoms with E-state index in [-0.39, 0.29) is 25.4 Å². The quantitative estimate of drug-likeness (QED) is 0.289. The van der Waals surface area contributed by atoms with Crippen molar-refractivity contribution in [3.05, 3.63) is 12.3 Å². The SMILES string of the molecule is C=C(O)CNCCNNC(=O)C(F)(F)F. The van der Waals surface area contributed by atoms with Crippen molar-refractivity contribution in [3.8, 4) is 0 Å². The zero-order valence-electron chi connectivity index (χ0n) is 7.82. The van der Waals surface area contributed by atoms with Gasteiger partial charge in [-0.25, -0.2) is 5.43 Å². The lowest BCUT2D eigenvalue weighted by Gasteiger charge is -2.09. The Labute approximate surface area is 84.3 Å². The molecule has 0 aliphatic rings. The zero-order valence-corrected chi connectivity index (χ0v) is 7.82. The Balaban J connectivity index is 3.40. The van der Waals surface area contributed by atoms with Gasteiger partial charge in [-0.3, -0.25) is 10.2 Å². The monoisotopic (exact) mass is 227 g/mol. The Morgan fingerprint density at radius 3 is 2.40 bits per heavy atom. The number of hydrogen-bond acceptors (Lipinski definition) is 4. The van der Waals surface area contributed by atoms with Gasteiger partial charge in [-0.1, -0.05) is 6.58 Å². The van der Waals surface area contributed by atoms with Crippen molar-refractivity contribution in [2.75, 3.05) is 19.6 Å². The van der Waals surface area contributed by atoms with Crippen LogP contribution in [0.5, 0.6) is 0 Å². The number of amides is 1. The number of aliphatic hydroxyl groups is 1. The van der Waals surface area contributed by atoms with Crippen molar-refractivity contribution >= 4 is 5.91 Å². The zero-order chi connectivity index (χ0) is 11.9. The van der Waals surface area contributed by atoms with E-state index in [4.69, 9.17) is 5.11 Å². The van der Waals surface area contributed by atoms with Gasteiger partial charge in [0.1, 0.15) is 0 Å². The molecule has 0 spiro atoms. The van der Waals surface area contributed by atoms with Gasteiger partial charge in [-0.15, -0.1) is 0 Å². The van der Waals surface area contributed by atoms with Gasteiger partial charge in [0.15, 0.2) is 0 Å². The summed E-state index contributed by atoms with van der Waals surface area (Å²) in [6, 6.07) is 0. The van der Waals surface area contributed by atoms with Crippen LogP contribution in [0.15, 0.2) is 12.3 Å². The first kappa shape index (κ1) is 13.7. The minimum Gasteiger partial charge on any atom is -0.512 e. The summed E-state index contributed by atoms with van der Waals surface area (Å²) >= 11 is 0. The van der Waals surface area contributed by atoms with Gasteiger partial charge in [0.2, 0.25) is 0 Å². The standard InChI is InChI=1S/C7H12F3N3O2/c1-5(14)4-11-2-3-12-13-6(15)7(8,9)10/h11-12,14H,1-4H2,(H,13,15). The lowest BCUT2D eigenvalue weighted by atomic mass is 10.5. The van der Waals surface area contributed by atoms with E-state index in [1.54, 1.807) is 0 Å². The molecule has 0 heterocycles. The molecule has 0 rings (SSSR count). The molecule has 8 heteroatoms. The van der Waals surface area contributed by atoms with Crippen LogP contribution >= 0.6 is 0 Å². The molecule has 15 heavy (non-hydrogen) atoms. The number of halogens is 3. The average Bonchev–Trinajstić information content (AvgIpc) is 2.08. The van der Waals surface area contributed by atoms with Gasteiger partial charge >= 0.3 is 12.1 Å². The molecule has 0 saturated heterocycles. The first-order chi connectivity index (χ1) is 6.84. The third kappa shape index (κ3) is 7.77. The van der Waals surface area contributed by atoms with Gasteiger partial charge in [0, 0.05) is 13.1 Å². The highest BCUT2D eigenvalue weighted by atomic mass is 19.4. The van der Waals surface area contributed by atoms with E-state index in [1.165, 1.54) is 5.43 Å². The number of carbonyl (C=O) groups is 1. The van der Waals surface area contributed by atoms with Crippen LogP contribution in [-0.2, 0) is 4.79 Å². The van der Waals surface area contributed by atoms with Crippen LogP contribution in [0.1, 0.15) is 0 Å². The lowest BCUT2D eigenvalue weighted by Crippen LogP contribution is -2.47. The first-order valence-corrected chi connectivity index (χ1v) is 4.01. The van der Waals surface area contributed by atoms with Gasteiger partial charge in [0.25, 0.3) is 0 Å². The molecule has 0 aliphatic heterocycles. The van der Waals surface area contributed by atoms with E-state index < -0.39 is 12.1 Å². The van der Waals surface area contributed by atoms with Crippen molar-refractivity contribution in [2.45, 2.75) is 6.18 Å². The van der Waals surface area contributed by atoms with Crippen molar-refractivity contribution in [3.63, 3.8) is 0 Å². The van der Waals surface area contributed by atoms with Crippen molar-refractivity contribution in [1.82, 2.24) is 16.2 Å². The normalized spacial score (nSPS) is 11.1. The predicted molar refractivity (Wildman–Crippen MR) is 46.8 cm³/mol. The van der Waals surface area contributed by atoms with E-state index in [2.05, 4.69) is 17.3 Å². The van der Waals surface area contributed by atoms with Gasteiger partial charge in [-0.2, -0.15) is 13.2 Å². The lowest BCUT2D eigenvalue weighted by molar-refractivity contribution is -0.174. The Hall–Kier alpha value is -1.28. The van der Waals surface area contributed by atoms with Gasteiger partial charge < -0.3 is 10.4 Å². The second-order valence-corrected chi connectivity index (χ2v) is 2.62. The molecular formula is C7H12F3N3O2. The summed E-state index contributed by atoms with van der Waals surface area (Å²) in [5.41, 5.74) is 3.54. The highest BCUT2D eigenvalue weighted by Crippen LogP contribution is 2.13. The summed E-state index contributed by atoms with van der Waals surface area (Å²) < 4.78 is 34.9. The van der Waals surface area contributed by atoms with Crippen LogP contribution in [0, 0.1) is 0 Å². The maximum Gasteiger partial charge on any atom is 0.472 e. The van der Waals surface area contributed by atoms with E-state index in [0.717, 1.165) is 0 Å². The molecule has 0 radical (unpaired) electrons. The fraction of sp³-hybridized carbons (Fsp3) is 0.571. The minimum absolute atomic E-state index is 0.0747. The smallest absolute Gasteiger partial charge is 0.472 e. The number of rotatable bonds is 6. The summed E-state index contributed by atoms with van der Waals surface area (Å²) in [4.78, 5) is 10.2. The number of nitrogens with one attached hydrogen (secondary N) is 3. The van der Waals surface area contributed by atoms with Crippen LogP contribution in [0.2, 0.25) is 0 Å². The molecule has 0 aliphatic carbocycles. The average molecular weight is 227 g/mol. The Morgan fingerprint density at radius 1 is 1.33 bits per heavy atom. The van der Waals surface area contributed by atoms with Gasteiger partial charge in [-0.05, 0) is 0 Å². The molecule has 0 aromatic carbocycles. The second kappa shape index (κ2) is 6.25. The predicted octanol–water partition coefficient (Wildman–Crippen LogP) is -0.169. The highest BCUT2D eigenvalue weighted by Gasteiger charge is 2.38. The van der Waals surface area contributed by atoms with Crippen molar-refractivity contribution < 1.29 is 23.1 Å². The Bertz CT molecular complexity index is 230. The number of hydrogen-bond donors (Lipinski definition) is 4. The maximum absolute atomic E-state index is 11.6. The first-order valence-electron chi connectivity index (χ1n) is 4.01. The maximum atomic E-state index is 11.6. The summed E-state index contributed by atoms with van der Waals surface area (Å²) in [7, 11) is 0. The van der Waals surface area contributed by atoms with Crippen LogP contribution in [0.3, 0.4) is 0 Å². The molecule has 0 fully saturated rings. The highest BCUT2D eigenvalue weighted by molar-refractivity contribution is 5.81. The van der Waals surface area contributed by atoms with E-state index in [0.29, 0.717) is 0 Å². The van der Waals surface area contributed by atoms with E-state index in [9.17, 15) is 18.0 Å². The Kier molecular flexibility index (Phi) is 5.72. The van der Waals surface area contributed by atoms with Crippen LogP contribution < -0.4 is 16.2 Å². The summed E-state index contributed by atoms with van der Waals surface area (Å²) in [5, 5.41) is 11.3.